The van der Waals surface area contributed by atoms with Crippen LogP contribution < -0.4 is 11.3 Å². The van der Waals surface area contributed by atoms with Crippen molar-refractivity contribution in [2.75, 3.05) is 31.0 Å². The summed E-state index contributed by atoms with van der Waals surface area (Å²) in [7, 11) is -2.07. The normalized spacial score (nSPS) is 12.4. The van der Waals surface area contributed by atoms with Crippen LogP contribution in [0.15, 0.2) is 16.6 Å². The molecule has 10 heteroatoms. The topological polar surface area (TPSA) is 92.7 Å². The molecule has 0 aliphatic carbocycles. The van der Waals surface area contributed by atoms with Crippen molar-refractivity contribution in [1.29, 1.82) is 0 Å². The molecule has 0 atom stereocenters. The summed E-state index contributed by atoms with van der Waals surface area (Å²) in [6.07, 6.45) is 3.60. The lowest BCUT2D eigenvalue weighted by Gasteiger charge is -2.16. The Morgan fingerprint density at radius 2 is 2.37 bits per heavy atom. The highest BCUT2D eigenvalue weighted by molar-refractivity contribution is 7.98. The number of hydrogen-bond donors (Lipinski definition) is 2. The molecule has 106 valence electrons. The van der Waals surface area contributed by atoms with E-state index in [1.165, 1.54) is 20.0 Å². The second kappa shape index (κ2) is 5.67. The van der Waals surface area contributed by atoms with Crippen molar-refractivity contribution in [3.05, 3.63) is 11.6 Å². The van der Waals surface area contributed by atoms with E-state index in [2.05, 4.69) is 10.4 Å². The van der Waals surface area contributed by atoms with Crippen LogP contribution in [0.1, 0.15) is 0 Å². The first-order valence-corrected chi connectivity index (χ1v) is 9.11. The number of rotatable bonds is 6. The average molecular weight is 321 g/mol. The maximum absolute atomic E-state index is 12.6. The summed E-state index contributed by atoms with van der Waals surface area (Å²) in [6, 6.07) is 0. The number of thiazole rings is 1. The minimum Gasteiger partial charge on any atom is -0.306 e. The quantitative estimate of drug-likeness (QED) is 0.600. The maximum Gasteiger partial charge on any atom is 0.262 e. The summed E-state index contributed by atoms with van der Waals surface area (Å²) in [4.78, 5) is 4.74. The molecule has 0 radical (unpaired) electrons. The van der Waals surface area contributed by atoms with E-state index in [0.29, 0.717) is 11.5 Å². The van der Waals surface area contributed by atoms with Crippen LogP contribution in [0.2, 0.25) is 0 Å². The highest BCUT2D eigenvalue weighted by Gasteiger charge is 2.29. The Balaban J connectivity index is 2.49. The first-order chi connectivity index (χ1) is 9.02. The molecule has 2 aromatic rings. The lowest BCUT2D eigenvalue weighted by atomic mass is 10.7. The lowest BCUT2D eigenvalue weighted by Crippen LogP contribution is -2.30. The molecule has 0 fully saturated rings. The first kappa shape index (κ1) is 14.6. The van der Waals surface area contributed by atoms with Crippen LogP contribution in [0.5, 0.6) is 0 Å². The number of nitrogen functional groups attached to an aromatic ring is 1. The van der Waals surface area contributed by atoms with Gasteiger partial charge in [0.25, 0.3) is 10.0 Å². The Hall–Kier alpha value is -0.810. The fourth-order valence-electron chi connectivity index (χ4n) is 1.59. The number of nitrogens with one attached hydrogen (secondary N) is 1. The second-order valence-electron chi connectivity index (χ2n) is 3.78. The van der Waals surface area contributed by atoms with Crippen LogP contribution in [-0.2, 0) is 10.0 Å². The summed E-state index contributed by atoms with van der Waals surface area (Å²) in [5.74, 6) is 6.26. The van der Waals surface area contributed by atoms with E-state index in [0.717, 1.165) is 5.75 Å². The third-order valence-electron chi connectivity index (χ3n) is 2.62. The summed E-state index contributed by atoms with van der Waals surface area (Å²) < 4.78 is 28.0. The Kier molecular flexibility index (Phi) is 4.36. The van der Waals surface area contributed by atoms with Gasteiger partial charge in [0.1, 0.15) is 0 Å². The minimum atomic E-state index is -3.62. The first-order valence-electron chi connectivity index (χ1n) is 5.39. The fraction of sp³-hybridized carbons (Fsp3) is 0.444. The van der Waals surface area contributed by atoms with E-state index in [-0.39, 0.29) is 10.8 Å². The molecule has 3 N–H and O–H groups in total. The van der Waals surface area contributed by atoms with Crippen LogP contribution >= 0.6 is 23.1 Å². The van der Waals surface area contributed by atoms with Crippen molar-refractivity contribution < 1.29 is 8.42 Å². The molecule has 2 heterocycles. The van der Waals surface area contributed by atoms with Gasteiger partial charge in [-0.3, -0.25) is 4.40 Å². The molecule has 0 aromatic carbocycles. The van der Waals surface area contributed by atoms with Crippen LogP contribution in [-0.4, -0.2) is 47.7 Å². The number of anilines is 1. The van der Waals surface area contributed by atoms with E-state index in [1.54, 1.807) is 30.4 Å². The number of aromatic nitrogens is 2. The van der Waals surface area contributed by atoms with E-state index in [9.17, 15) is 8.42 Å². The molecule has 0 aliphatic heterocycles. The maximum atomic E-state index is 12.6. The Labute approximate surface area is 119 Å². The van der Waals surface area contributed by atoms with Crippen LogP contribution in [0.25, 0.3) is 4.96 Å². The van der Waals surface area contributed by atoms with Gasteiger partial charge in [0.15, 0.2) is 10.8 Å². The smallest absolute Gasteiger partial charge is 0.262 e. The van der Waals surface area contributed by atoms with Crippen molar-refractivity contribution in [2.24, 2.45) is 5.84 Å². The molecule has 0 unspecified atom stereocenters. The summed E-state index contributed by atoms with van der Waals surface area (Å²) in [5.41, 5.74) is 2.35. The standard InChI is InChI=1S/C9H15N5O2S3/c1-13(3-5-17-2)19(15,16)8-7(12-10)11-9-14(8)4-6-18-9/h4,6,12H,3,5,10H2,1-2H3. The SMILES string of the molecule is CSCCN(C)S(=O)(=O)c1c(NN)nc2sccn12. The third kappa shape index (κ3) is 2.58. The lowest BCUT2D eigenvalue weighted by molar-refractivity contribution is 0.485. The molecule has 0 saturated heterocycles. The predicted octanol–water partition coefficient (Wildman–Crippen LogP) is 0.665. The molecule has 0 spiro atoms. The molecule has 2 aromatic heterocycles. The van der Waals surface area contributed by atoms with Gasteiger partial charge in [0, 0.05) is 30.9 Å². The number of sulfonamides is 1. The van der Waals surface area contributed by atoms with Gasteiger partial charge < -0.3 is 5.43 Å². The van der Waals surface area contributed by atoms with E-state index >= 15 is 0 Å². The molecule has 0 saturated carbocycles. The van der Waals surface area contributed by atoms with Crippen molar-refractivity contribution in [3.63, 3.8) is 0 Å². The van der Waals surface area contributed by atoms with Gasteiger partial charge >= 0.3 is 0 Å². The van der Waals surface area contributed by atoms with Crippen LogP contribution in [0.3, 0.4) is 0 Å². The van der Waals surface area contributed by atoms with E-state index < -0.39 is 10.0 Å². The number of nitrogens with two attached hydrogens (primary N) is 1. The number of hydrazine groups is 1. The van der Waals surface area contributed by atoms with Crippen molar-refractivity contribution in [1.82, 2.24) is 13.7 Å². The van der Waals surface area contributed by atoms with E-state index in [4.69, 9.17) is 5.84 Å². The van der Waals surface area contributed by atoms with Gasteiger partial charge in [-0.1, -0.05) is 0 Å². The molecule has 0 bridgehead atoms. The van der Waals surface area contributed by atoms with E-state index in [1.807, 2.05) is 6.26 Å². The number of fused-ring (bicyclic) bond motifs is 1. The third-order valence-corrected chi connectivity index (χ3v) is 5.85. The fourth-order valence-corrected chi connectivity index (χ4v) is 4.31. The molecule has 2 rings (SSSR count). The highest BCUT2D eigenvalue weighted by atomic mass is 32.2. The number of imidazole rings is 1. The Morgan fingerprint density at radius 3 is 3.00 bits per heavy atom. The van der Waals surface area contributed by atoms with Gasteiger partial charge in [0.2, 0.25) is 5.03 Å². The molecular weight excluding hydrogens is 306 g/mol. The zero-order chi connectivity index (χ0) is 14.0. The van der Waals surface area contributed by atoms with Gasteiger partial charge in [-0.15, -0.1) is 11.3 Å². The average Bonchev–Trinajstić information content (AvgIpc) is 2.94. The Morgan fingerprint density at radius 1 is 1.63 bits per heavy atom. The monoisotopic (exact) mass is 321 g/mol. The molecular formula is C9H15N5O2S3. The molecule has 0 amide bonds. The number of hydrogen-bond acceptors (Lipinski definition) is 7. The summed E-state index contributed by atoms with van der Waals surface area (Å²) in [6.45, 7) is 0.435. The van der Waals surface area contributed by atoms with Crippen LogP contribution in [0, 0.1) is 0 Å². The van der Waals surface area contributed by atoms with Gasteiger partial charge in [-0.2, -0.15) is 21.1 Å². The number of thioether (sulfide) groups is 1. The number of nitrogens with zero attached hydrogens (tertiary/aromatic N) is 3. The zero-order valence-electron chi connectivity index (χ0n) is 10.5. The summed E-state index contributed by atoms with van der Waals surface area (Å²) in [5, 5.41) is 1.86. The van der Waals surface area contributed by atoms with Gasteiger partial charge in [-0.25, -0.2) is 14.3 Å². The predicted molar refractivity (Wildman–Crippen MR) is 79.1 cm³/mol. The molecule has 19 heavy (non-hydrogen) atoms. The highest BCUT2D eigenvalue weighted by Crippen LogP contribution is 2.27. The zero-order valence-corrected chi connectivity index (χ0v) is 13.0. The molecule has 0 aliphatic rings. The second-order valence-corrected chi connectivity index (χ2v) is 7.60. The van der Waals surface area contributed by atoms with Gasteiger partial charge in [-0.05, 0) is 6.26 Å². The minimum absolute atomic E-state index is 0.0786. The van der Waals surface area contributed by atoms with Crippen LogP contribution in [0.4, 0.5) is 5.82 Å². The Bertz CT molecular complexity index is 662. The molecule has 7 nitrogen and oxygen atoms in total. The van der Waals surface area contributed by atoms with Crippen molar-refractivity contribution in [2.45, 2.75) is 5.03 Å². The van der Waals surface area contributed by atoms with Gasteiger partial charge in [0.05, 0.1) is 0 Å². The summed E-state index contributed by atoms with van der Waals surface area (Å²) >= 11 is 2.94. The largest absolute Gasteiger partial charge is 0.306 e. The van der Waals surface area contributed by atoms with Crippen molar-refractivity contribution >= 4 is 43.9 Å². The van der Waals surface area contributed by atoms with Crippen molar-refractivity contribution in [3.8, 4) is 0 Å².